The summed E-state index contributed by atoms with van der Waals surface area (Å²) in [5, 5.41) is 2.96. The minimum atomic E-state index is -4.30. The number of sulfone groups is 1. The van der Waals surface area contributed by atoms with E-state index in [2.05, 4.69) is 10.1 Å². The second-order valence-electron chi connectivity index (χ2n) is 4.24. The molecule has 114 valence electrons. The van der Waals surface area contributed by atoms with Crippen LogP contribution in [-0.2, 0) is 14.6 Å². The van der Waals surface area contributed by atoms with Crippen molar-refractivity contribution in [3.05, 3.63) is 24.3 Å². The number of anilines is 1. The molecule has 0 atom stereocenters. The smallest absolute Gasteiger partial charge is 0.385 e. The fraction of sp³-hybridized carbons (Fsp3) is 0.500. The predicted octanol–water partition coefficient (Wildman–Crippen LogP) is 2.47. The van der Waals surface area contributed by atoms with Crippen molar-refractivity contribution < 1.29 is 26.3 Å². The SMILES string of the molecule is CS(=O)(=O)c1ccc(NCCCOCC(F)(F)F)cc1. The minimum absolute atomic E-state index is 0.00787. The van der Waals surface area contributed by atoms with Gasteiger partial charge in [-0.15, -0.1) is 0 Å². The third-order valence-corrected chi connectivity index (χ3v) is 3.47. The van der Waals surface area contributed by atoms with Crippen molar-refractivity contribution in [2.24, 2.45) is 0 Å². The summed E-state index contributed by atoms with van der Waals surface area (Å²) in [6.07, 6.45) is -2.76. The van der Waals surface area contributed by atoms with Gasteiger partial charge in [-0.1, -0.05) is 0 Å². The summed E-state index contributed by atoms with van der Waals surface area (Å²) in [7, 11) is -3.22. The van der Waals surface area contributed by atoms with E-state index in [-0.39, 0.29) is 11.5 Å². The Hall–Kier alpha value is -1.28. The van der Waals surface area contributed by atoms with E-state index in [9.17, 15) is 21.6 Å². The largest absolute Gasteiger partial charge is 0.411 e. The van der Waals surface area contributed by atoms with Gasteiger partial charge in [-0.25, -0.2) is 8.42 Å². The average Bonchev–Trinajstić information content (AvgIpc) is 2.32. The topological polar surface area (TPSA) is 55.4 Å². The standard InChI is InChI=1S/C12H16F3NO3S/c1-20(17,18)11-5-3-10(4-6-11)16-7-2-8-19-9-12(13,14)15/h3-6,16H,2,7-9H2,1H3. The Morgan fingerprint density at radius 3 is 2.30 bits per heavy atom. The quantitative estimate of drug-likeness (QED) is 0.786. The zero-order chi connectivity index (χ0) is 15.2. The van der Waals surface area contributed by atoms with Crippen molar-refractivity contribution in [2.75, 3.05) is 31.3 Å². The number of nitrogens with one attached hydrogen (secondary N) is 1. The third-order valence-electron chi connectivity index (χ3n) is 2.34. The van der Waals surface area contributed by atoms with Crippen LogP contribution in [0.3, 0.4) is 0 Å². The van der Waals surface area contributed by atoms with E-state index in [0.717, 1.165) is 6.26 Å². The first kappa shape index (κ1) is 16.8. The van der Waals surface area contributed by atoms with E-state index in [4.69, 9.17) is 0 Å². The molecule has 0 bridgehead atoms. The van der Waals surface area contributed by atoms with Gasteiger partial charge in [0.2, 0.25) is 0 Å². The highest BCUT2D eigenvalue weighted by molar-refractivity contribution is 7.90. The molecule has 0 heterocycles. The number of alkyl halides is 3. The highest BCUT2D eigenvalue weighted by atomic mass is 32.2. The van der Waals surface area contributed by atoms with Crippen LogP contribution >= 0.6 is 0 Å². The van der Waals surface area contributed by atoms with Gasteiger partial charge >= 0.3 is 6.18 Å². The summed E-state index contributed by atoms with van der Waals surface area (Å²) in [5.41, 5.74) is 0.702. The Balaban J connectivity index is 2.26. The molecule has 0 aliphatic heterocycles. The van der Waals surface area contributed by atoms with Crippen molar-refractivity contribution in [2.45, 2.75) is 17.5 Å². The number of hydrogen-bond acceptors (Lipinski definition) is 4. The molecular weight excluding hydrogens is 295 g/mol. The van der Waals surface area contributed by atoms with Crippen LogP contribution in [0, 0.1) is 0 Å². The molecule has 0 saturated carbocycles. The first-order chi connectivity index (χ1) is 9.18. The molecule has 20 heavy (non-hydrogen) atoms. The van der Waals surface area contributed by atoms with Crippen LogP contribution < -0.4 is 5.32 Å². The molecule has 1 aromatic carbocycles. The van der Waals surface area contributed by atoms with Gasteiger partial charge < -0.3 is 10.1 Å². The molecule has 8 heteroatoms. The molecule has 0 spiro atoms. The van der Waals surface area contributed by atoms with E-state index in [1.54, 1.807) is 12.1 Å². The normalized spacial score (nSPS) is 12.4. The summed E-state index contributed by atoms with van der Waals surface area (Å²) in [5.74, 6) is 0. The van der Waals surface area contributed by atoms with E-state index < -0.39 is 22.6 Å². The van der Waals surface area contributed by atoms with E-state index in [1.165, 1.54) is 12.1 Å². The van der Waals surface area contributed by atoms with Crippen LogP contribution in [0.4, 0.5) is 18.9 Å². The minimum Gasteiger partial charge on any atom is -0.385 e. The Morgan fingerprint density at radius 2 is 1.80 bits per heavy atom. The third kappa shape index (κ3) is 6.76. The van der Waals surface area contributed by atoms with Gasteiger partial charge in [-0.2, -0.15) is 13.2 Å². The van der Waals surface area contributed by atoms with Gasteiger partial charge in [0.05, 0.1) is 4.90 Å². The van der Waals surface area contributed by atoms with E-state index >= 15 is 0 Å². The lowest BCUT2D eigenvalue weighted by Crippen LogP contribution is -2.18. The molecule has 1 N–H and O–H groups in total. The second-order valence-corrected chi connectivity index (χ2v) is 6.26. The van der Waals surface area contributed by atoms with Crippen molar-refractivity contribution in [3.8, 4) is 0 Å². The van der Waals surface area contributed by atoms with Crippen LogP contribution in [0.25, 0.3) is 0 Å². The molecule has 0 saturated heterocycles. The first-order valence-electron chi connectivity index (χ1n) is 5.87. The number of halogens is 3. The fourth-order valence-corrected chi connectivity index (χ4v) is 2.05. The van der Waals surface area contributed by atoms with Crippen molar-refractivity contribution in [1.82, 2.24) is 0 Å². The van der Waals surface area contributed by atoms with Gasteiger partial charge in [0.15, 0.2) is 9.84 Å². The molecule has 0 unspecified atom stereocenters. The van der Waals surface area contributed by atoms with Crippen LogP contribution in [0.2, 0.25) is 0 Å². The highest BCUT2D eigenvalue weighted by Crippen LogP contribution is 2.15. The first-order valence-corrected chi connectivity index (χ1v) is 7.76. The number of rotatable bonds is 7. The Kier molecular flexibility index (Phi) is 5.82. The van der Waals surface area contributed by atoms with Crippen molar-refractivity contribution in [1.29, 1.82) is 0 Å². The maximum absolute atomic E-state index is 11.8. The molecular formula is C12H16F3NO3S. The van der Waals surface area contributed by atoms with E-state index in [0.29, 0.717) is 18.7 Å². The predicted molar refractivity (Wildman–Crippen MR) is 69.5 cm³/mol. The lowest BCUT2D eigenvalue weighted by atomic mass is 10.3. The molecule has 0 radical (unpaired) electrons. The second kappa shape index (κ2) is 6.94. The van der Waals surface area contributed by atoms with Gasteiger partial charge in [-0.3, -0.25) is 0 Å². The van der Waals surface area contributed by atoms with Crippen molar-refractivity contribution >= 4 is 15.5 Å². The maximum atomic E-state index is 11.8. The monoisotopic (exact) mass is 311 g/mol. The van der Waals surface area contributed by atoms with Crippen molar-refractivity contribution in [3.63, 3.8) is 0 Å². The zero-order valence-electron chi connectivity index (χ0n) is 10.9. The summed E-state index contributed by atoms with van der Waals surface area (Å²) < 4.78 is 62.2. The molecule has 0 fully saturated rings. The molecule has 1 rings (SSSR count). The van der Waals surface area contributed by atoms with Gasteiger partial charge in [-0.05, 0) is 30.7 Å². The fourth-order valence-electron chi connectivity index (χ4n) is 1.41. The number of hydrogen-bond donors (Lipinski definition) is 1. The van der Waals surface area contributed by atoms with Crippen LogP contribution in [0.15, 0.2) is 29.2 Å². The Bertz CT molecular complexity index is 512. The maximum Gasteiger partial charge on any atom is 0.411 e. The lowest BCUT2D eigenvalue weighted by molar-refractivity contribution is -0.173. The number of ether oxygens (including phenoxy) is 1. The molecule has 1 aromatic rings. The van der Waals surface area contributed by atoms with Gasteiger partial charge in [0, 0.05) is 25.1 Å². The molecule has 4 nitrogen and oxygen atoms in total. The van der Waals surface area contributed by atoms with Gasteiger partial charge in [0.1, 0.15) is 6.61 Å². The zero-order valence-corrected chi connectivity index (χ0v) is 11.7. The van der Waals surface area contributed by atoms with Crippen LogP contribution in [-0.4, -0.2) is 40.6 Å². The van der Waals surface area contributed by atoms with E-state index in [1.807, 2.05) is 0 Å². The summed E-state index contributed by atoms with van der Waals surface area (Å²) in [6.45, 7) is -0.792. The van der Waals surface area contributed by atoms with Gasteiger partial charge in [0.25, 0.3) is 0 Å². The van der Waals surface area contributed by atoms with Crippen LogP contribution in [0.5, 0.6) is 0 Å². The molecule has 0 aliphatic rings. The average molecular weight is 311 g/mol. The Labute approximate surface area is 115 Å². The Morgan fingerprint density at radius 1 is 1.20 bits per heavy atom. The molecule has 0 aromatic heterocycles. The summed E-state index contributed by atoms with van der Waals surface area (Å²) in [4.78, 5) is 0.219. The summed E-state index contributed by atoms with van der Waals surface area (Å²) >= 11 is 0. The van der Waals surface area contributed by atoms with Crippen LogP contribution in [0.1, 0.15) is 6.42 Å². The molecule has 0 aliphatic carbocycles. The number of benzene rings is 1. The lowest BCUT2D eigenvalue weighted by Gasteiger charge is -2.09. The summed E-state index contributed by atoms with van der Waals surface area (Å²) in [6, 6.07) is 6.15. The highest BCUT2D eigenvalue weighted by Gasteiger charge is 2.27. The molecule has 0 amide bonds.